The van der Waals surface area contributed by atoms with Gasteiger partial charge < -0.3 is 15.4 Å². The van der Waals surface area contributed by atoms with Gasteiger partial charge in [-0.05, 0) is 49.4 Å². The molecule has 2 aromatic rings. The molecule has 29 heavy (non-hydrogen) atoms. The van der Waals surface area contributed by atoms with E-state index in [0.29, 0.717) is 11.3 Å². The van der Waals surface area contributed by atoms with Gasteiger partial charge in [0.2, 0.25) is 5.91 Å². The second-order valence-corrected chi connectivity index (χ2v) is 5.92. The summed E-state index contributed by atoms with van der Waals surface area (Å²) in [5.74, 6) is -1.86. The highest BCUT2D eigenvalue weighted by atomic mass is 19.4. The van der Waals surface area contributed by atoms with Crippen molar-refractivity contribution in [2.24, 2.45) is 0 Å². The number of nitrogens with one attached hydrogen (secondary N) is 2. The monoisotopic (exact) mass is 406 g/mol. The van der Waals surface area contributed by atoms with E-state index >= 15 is 0 Å². The number of anilines is 2. The molecule has 152 valence electrons. The minimum atomic E-state index is -4.53. The Balaban J connectivity index is 2.01. The molecule has 0 unspecified atom stereocenters. The molecule has 0 radical (unpaired) electrons. The minimum absolute atomic E-state index is 0.0338. The number of halogens is 3. The molecule has 0 saturated carbocycles. The van der Waals surface area contributed by atoms with Crippen molar-refractivity contribution in [3.8, 4) is 0 Å². The molecular weight excluding hydrogens is 389 g/mol. The van der Waals surface area contributed by atoms with E-state index in [2.05, 4.69) is 15.4 Å². The molecule has 2 amide bonds. The van der Waals surface area contributed by atoms with Gasteiger partial charge in [0.15, 0.2) is 0 Å². The second kappa shape index (κ2) is 9.05. The van der Waals surface area contributed by atoms with Gasteiger partial charge in [-0.2, -0.15) is 13.2 Å². The van der Waals surface area contributed by atoms with Gasteiger partial charge in [0.25, 0.3) is 5.91 Å². The number of hydrogen-bond acceptors (Lipinski definition) is 4. The van der Waals surface area contributed by atoms with Crippen molar-refractivity contribution in [2.75, 3.05) is 17.7 Å². The minimum Gasteiger partial charge on any atom is -0.465 e. The fraction of sp³-hybridized carbons (Fsp3) is 0.150. The molecular formula is C20H17F3N2O4. The molecule has 9 heteroatoms. The van der Waals surface area contributed by atoms with E-state index in [0.717, 1.165) is 18.2 Å². The van der Waals surface area contributed by atoms with E-state index in [1.54, 1.807) is 0 Å². The number of methoxy groups -OCH3 is 1. The summed E-state index contributed by atoms with van der Waals surface area (Å²) in [6.45, 7) is 1.38. The topological polar surface area (TPSA) is 84.5 Å². The van der Waals surface area contributed by atoms with Crippen molar-refractivity contribution in [1.82, 2.24) is 0 Å². The van der Waals surface area contributed by atoms with E-state index in [-0.39, 0.29) is 11.3 Å². The summed E-state index contributed by atoms with van der Waals surface area (Å²) in [5, 5.41) is 4.82. The standard InChI is InChI=1S/C20H17F3N2O4/c1-12(18(27)25-15-8-6-13(7-9-15)19(28)29-2)10-17(26)24-16-5-3-4-14(11-16)20(21,22)23/h3-11H,1-2H3,(H,24,26)(H,25,27)/b12-10+. The lowest BCUT2D eigenvalue weighted by molar-refractivity contribution is -0.137. The summed E-state index contributed by atoms with van der Waals surface area (Å²) in [6.07, 6.45) is -3.56. The molecule has 0 aliphatic carbocycles. The van der Waals surface area contributed by atoms with Gasteiger partial charge in [-0.1, -0.05) is 6.07 Å². The fourth-order valence-corrected chi connectivity index (χ4v) is 2.25. The lowest BCUT2D eigenvalue weighted by atomic mass is 10.2. The van der Waals surface area contributed by atoms with Crippen LogP contribution in [0.25, 0.3) is 0 Å². The number of rotatable bonds is 5. The van der Waals surface area contributed by atoms with E-state index in [1.165, 1.54) is 50.4 Å². The van der Waals surface area contributed by atoms with Crippen LogP contribution >= 0.6 is 0 Å². The maximum absolute atomic E-state index is 12.7. The van der Waals surface area contributed by atoms with Gasteiger partial charge in [0.1, 0.15) is 0 Å². The Kier molecular flexibility index (Phi) is 6.76. The van der Waals surface area contributed by atoms with Crippen LogP contribution in [0.5, 0.6) is 0 Å². The Labute approximate surface area is 164 Å². The van der Waals surface area contributed by atoms with Crippen LogP contribution in [-0.2, 0) is 20.5 Å². The number of benzene rings is 2. The highest BCUT2D eigenvalue weighted by Gasteiger charge is 2.30. The van der Waals surface area contributed by atoms with Gasteiger partial charge in [-0.25, -0.2) is 4.79 Å². The van der Waals surface area contributed by atoms with Gasteiger partial charge in [-0.15, -0.1) is 0 Å². The number of carbonyl (C=O) groups excluding carboxylic acids is 3. The largest absolute Gasteiger partial charge is 0.465 e. The van der Waals surface area contributed by atoms with Crippen LogP contribution < -0.4 is 10.6 Å². The molecule has 0 aliphatic heterocycles. The van der Waals surface area contributed by atoms with E-state index in [1.807, 2.05) is 0 Å². The number of hydrogen-bond donors (Lipinski definition) is 2. The Bertz CT molecular complexity index is 951. The van der Waals surface area contributed by atoms with E-state index in [4.69, 9.17) is 0 Å². The molecule has 2 rings (SSSR count). The van der Waals surface area contributed by atoms with Crippen molar-refractivity contribution in [2.45, 2.75) is 13.1 Å². The zero-order valence-corrected chi connectivity index (χ0v) is 15.5. The average Bonchev–Trinajstić information content (AvgIpc) is 2.67. The van der Waals surface area contributed by atoms with Gasteiger partial charge in [0, 0.05) is 23.0 Å². The second-order valence-electron chi connectivity index (χ2n) is 5.92. The lowest BCUT2D eigenvalue weighted by Gasteiger charge is -2.09. The Morgan fingerprint density at radius 2 is 1.62 bits per heavy atom. The van der Waals surface area contributed by atoms with Crippen LogP contribution in [0.4, 0.5) is 24.5 Å². The summed E-state index contributed by atoms with van der Waals surface area (Å²) in [7, 11) is 1.25. The number of amides is 2. The molecule has 0 fully saturated rings. The number of alkyl halides is 3. The summed E-state index contributed by atoms with van der Waals surface area (Å²) in [5.41, 5.74) is -0.227. The van der Waals surface area contributed by atoms with Gasteiger partial charge in [0.05, 0.1) is 18.2 Å². The summed E-state index contributed by atoms with van der Waals surface area (Å²) < 4.78 is 42.7. The summed E-state index contributed by atoms with van der Waals surface area (Å²) >= 11 is 0. The van der Waals surface area contributed by atoms with Gasteiger partial charge in [-0.3, -0.25) is 9.59 Å². The zero-order valence-electron chi connectivity index (χ0n) is 15.5. The molecule has 0 atom stereocenters. The Hall–Kier alpha value is -3.62. The third-order valence-electron chi connectivity index (χ3n) is 3.73. The normalized spacial score (nSPS) is 11.6. The third kappa shape index (κ3) is 6.20. The first-order chi connectivity index (χ1) is 13.6. The Morgan fingerprint density at radius 3 is 2.21 bits per heavy atom. The number of carbonyl (C=O) groups is 3. The molecule has 0 bridgehead atoms. The van der Waals surface area contributed by atoms with Crippen molar-refractivity contribution >= 4 is 29.2 Å². The number of esters is 1. The van der Waals surface area contributed by atoms with Crippen LogP contribution in [0.15, 0.2) is 60.2 Å². The van der Waals surface area contributed by atoms with E-state index < -0.39 is 29.5 Å². The highest BCUT2D eigenvalue weighted by Crippen LogP contribution is 2.30. The molecule has 2 N–H and O–H groups in total. The van der Waals surface area contributed by atoms with Gasteiger partial charge >= 0.3 is 12.1 Å². The highest BCUT2D eigenvalue weighted by molar-refractivity contribution is 6.10. The van der Waals surface area contributed by atoms with Crippen molar-refractivity contribution in [3.05, 3.63) is 71.3 Å². The van der Waals surface area contributed by atoms with Crippen LogP contribution in [0, 0.1) is 0 Å². The average molecular weight is 406 g/mol. The Morgan fingerprint density at radius 1 is 0.966 bits per heavy atom. The van der Waals surface area contributed by atoms with Crippen molar-refractivity contribution < 1.29 is 32.3 Å². The quantitative estimate of drug-likeness (QED) is 0.580. The molecule has 2 aromatic carbocycles. The maximum Gasteiger partial charge on any atom is 0.416 e. The molecule has 6 nitrogen and oxygen atoms in total. The first-order valence-corrected chi connectivity index (χ1v) is 8.26. The van der Waals surface area contributed by atoms with Crippen LogP contribution in [0.2, 0.25) is 0 Å². The fourth-order valence-electron chi connectivity index (χ4n) is 2.25. The van der Waals surface area contributed by atoms with Crippen molar-refractivity contribution in [1.29, 1.82) is 0 Å². The molecule has 0 aliphatic rings. The molecule has 0 saturated heterocycles. The first-order valence-electron chi connectivity index (χ1n) is 8.26. The predicted octanol–water partition coefficient (Wildman–Crippen LogP) is 4.02. The summed E-state index contributed by atoms with van der Waals surface area (Å²) in [6, 6.07) is 10.0. The zero-order chi connectivity index (χ0) is 21.6. The molecule has 0 heterocycles. The van der Waals surface area contributed by atoms with Crippen molar-refractivity contribution in [3.63, 3.8) is 0 Å². The lowest BCUT2D eigenvalue weighted by Crippen LogP contribution is -2.16. The van der Waals surface area contributed by atoms with Crippen LogP contribution in [-0.4, -0.2) is 24.9 Å². The smallest absolute Gasteiger partial charge is 0.416 e. The van der Waals surface area contributed by atoms with Crippen LogP contribution in [0.1, 0.15) is 22.8 Å². The summed E-state index contributed by atoms with van der Waals surface area (Å²) in [4.78, 5) is 35.5. The molecule has 0 aromatic heterocycles. The first kappa shape index (κ1) is 21.7. The third-order valence-corrected chi connectivity index (χ3v) is 3.73. The SMILES string of the molecule is COC(=O)c1ccc(NC(=O)/C(C)=C/C(=O)Nc2cccc(C(F)(F)F)c2)cc1. The number of ether oxygens (including phenoxy) is 1. The van der Waals surface area contributed by atoms with E-state index in [9.17, 15) is 27.6 Å². The van der Waals surface area contributed by atoms with Crippen LogP contribution in [0.3, 0.4) is 0 Å². The maximum atomic E-state index is 12.7. The predicted molar refractivity (Wildman–Crippen MR) is 100 cm³/mol. The molecule has 0 spiro atoms.